The second kappa shape index (κ2) is 3.34. The summed E-state index contributed by atoms with van der Waals surface area (Å²) in [7, 11) is 0. The maximum Gasteiger partial charge on any atom is 0.245 e. The molecule has 2 aliphatic rings. The first kappa shape index (κ1) is 8.91. The molecule has 1 saturated carbocycles. The molecule has 15 heavy (non-hydrogen) atoms. The third-order valence-corrected chi connectivity index (χ3v) is 2.89. The fourth-order valence-electron chi connectivity index (χ4n) is 1.91. The van der Waals surface area contributed by atoms with Gasteiger partial charge in [-0.25, -0.2) is 4.98 Å². The number of hydrogen-bond donors (Lipinski definition) is 2. The smallest absolute Gasteiger partial charge is 0.245 e. The molecule has 1 aromatic heterocycles. The molecular formula is C10H14N4O. The van der Waals surface area contributed by atoms with Crippen molar-refractivity contribution in [2.45, 2.75) is 31.5 Å². The highest BCUT2D eigenvalue weighted by Crippen LogP contribution is 2.21. The van der Waals surface area contributed by atoms with Crippen LogP contribution in [0.1, 0.15) is 24.7 Å². The number of fused-ring (bicyclic) bond motifs is 1. The number of imidazole rings is 1. The highest BCUT2D eigenvalue weighted by molar-refractivity contribution is 5.83. The summed E-state index contributed by atoms with van der Waals surface area (Å²) in [5, 5.41) is 6.20. The van der Waals surface area contributed by atoms with Crippen molar-refractivity contribution in [1.29, 1.82) is 0 Å². The predicted octanol–water partition coefficient (Wildman–Crippen LogP) is -0.194. The highest BCUT2D eigenvalue weighted by Gasteiger charge is 2.31. The van der Waals surface area contributed by atoms with E-state index in [0.717, 1.165) is 31.8 Å². The molecule has 1 aromatic rings. The number of nitrogens with zero attached hydrogens (tertiary/aromatic N) is 2. The second-order valence-electron chi connectivity index (χ2n) is 4.15. The van der Waals surface area contributed by atoms with Crippen molar-refractivity contribution in [3.05, 3.63) is 18.2 Å². The molecule has 0 bridgehead atoms. The Morgan fingerprint density at radius 2 is 2.47 bits per heavy atom. The topological polar surface area (TPSA) is 59.0 Å². The highest BCUT2D eigenvalue weighted by atomic mass is 16.2. The van der Waals surface area contributed by atoms with Crippen molar-refractivity contribution >= 4 is 5.91 Å². The van der Waals surface area contributed by atoms with Gasteiger partial charge in [0.25, 0.3) is 0 Å². The Morgan fingerprint density at radius 1 is 1.60 bits per heavy atom. The Labute approximate surface area is 87.9 Å². The Bertz CT molecular complexity index is 383. The van der Waals surface area contributed by atoms with E-state index in [4.69, 9.17) is 0 Å². The van der Waals surface area contributed by atoms with Gasteiger partial charge in [0.15, 0.2) is 0 Å². The Balaban J connectivity index is 1.79. The molecule has 80 valence electrons. The van der Waals surface area contributed by atoms with Crippen LogP contribution in [0, 0.1) is 0 Å². The number of nitrogens with one attached hydrogen (secondary N) is 2. The summed E-state index contributed by atoms with van der Waals surface area (Å²) in [6, 6.07) is 0.138. The molecule has 0 aromatic carbocycles. The van der Waals surface area contributed by atoms with E-state index in [1.54, 1.807) is 6.20 Å². The molecule has 0 unspecified atom stereocenters. The average molecular weight is 206 g/mol. The lowest BCUT2D eigenvalue weighted by Gasteiger charge is -2.24. The van der Waals surface area contributed by atoms with E-state index in [0.29, 0.717) is 6.04 Å². The van der Waals surface area contributed by atoms with E-state index in [2.05, 4.69) is 15.6 Å². The largest absolute Gasteiger partial charge is 0.352 e. The maximum absolute atomic E-state index is 11.9. The van der Waals surface area contributed by atoms with E-state index in [-0.39, 0.29) is 11.9 Å². The van der Waals surface area contributed by atoms with Crippen LogP contribution in [0.4, 0.5) is 0 Å². The molecule has 3 rings (SSSR count). The number of amides is 1. The average Bonchev–Trinajstić information content (AvgIpc) is 2.93. The molecule has 1 aliphatic heterocycles. The van der Waals surface area contributed by atoms with Gasteiger partial charge in [-0.1, -0.05) is 0 Å². The van der Waals surface area contributed by atoms with Gasteiger partial charge in [-0.2, -0.15) is 0 Å². The fraction of sp³-hybridized carbons (Fsp3) is 0.600. The van der Waals surface area contributed by atoms with Gasteiger partial charge in [0, 0.05) is 31.5 Å². The van der Waals surface area contributed by atoms with Gasteiger partial charge in [0.1, 0.15) is 11.9 Å². The normalized spacial score (nSPS) is 24.7. The molecule has 1 atom stereocenters. The summed E-state index contributed by atoms with van der Waals surface area (Å²) in [5.74, 6) is 0.893. The van der Waals surface area contributed by atoms with Gasteiger partial charge in [0.2, 0.25) is 5.91 Å². The van der Waals surface area contributed by atoms with E-state index in [9.17, 15) is 4.79 Å². The van der Waals surface area contributed by atoms with Crippen molar-refractivity contribution in [3.8, 4) is 0 Å². The van der Waals surface area contributed by atoms with Gasteiger partial charge in [-0.3, -0.25) is 10.1 Å². The molecule has 2 heterocycles. The van der Waals surface area contributed by atoms with Crippen molar-refractivity contribution in [2.75, 3.05) is 6.54 Å². The number of carbonyl (C=O) groups excluding carboxylic acids is 1. The molecule has 0 radical (unpaired) electrons. The van der Waals surface area contributed by atoms with Crippen LogP contribution in [0.2, 0.25) is 0 Å². The van der Waals surface area contributed by atoms with Crippen LogP contribution in [-0.2, 0) is 11.3 Å². The lowest BCUT2D eigenvalue weighted by molar-refractivity contribution is -0.123. The lowest BCUT2D eigenvalue weighted by atomic mass is 10.2. The summed E-state index contributed by atoms with van der Waals surface area (Å²) in [6.45, 7) is 1.72. The van der Waals surface area contributed by atoms with Gasteiger partial charge in [-0.15, -0.1) is 0 Å². The third kappa shape index (κ3) is 1.63. The van der Waals surface area contributed by atoms with Gasteiger partial charge in [-0.05, 0) is 12.8 Å². The van der Waals surface area contributed by atoms with Crippen LogP contribution < -0.4 is 10.6 Å². The predicted molar refractivity (Wildman–Crippen MR) is 54.1 cm³/mol. The van der Waals surface area contributed by atoms with Crippen LogP contribution in [0.3, 0.4) is 0 Å². The summed E-state index contributed by atoms with van der Waals surface area (Å²) in [6.07, 6.45) is 5.91. The molecular weight excluding hydrogens is 192 g/mol. The zero-order valence-electron chi connectivity index (χ0n) is 8.44. The zero-order chi connectivity index (χ0) is 10.3. The fourth-order valence-corrected chi connectivity index (χ4v) is 1.91. The van der Waals surface area contributed by atoms with E-state index < -0.39 is 0 Å². The summed E-state index contributed by atoms with van der Waals surface area (Å²) >= 11 is 0. The summed E-state index contributed by atoms with van der Waals surface area (Å²) in [5.41, 5.74) is 0. The Hall–Kier alpha value is -1.36. The van der Waals surface area contributed by atoms with Crippen LogP contribution in [0.15, 0.2) is 12.4 Å². The minimum Gasteiger partial charge on any atom is -0.352 e. The first-order valence-corrected chi connectivity index (χ1v) is 5.39. The summed E-state index contributed by atoms with van der Waals surface area (Å²) < 4.78 is 2.04. The van der Waals surface area contributed by atoms with Crippen molar-refractivity contribution in [1.82, 2.24) is 20.2 Å². The monoisotopic (exact) mass is 206 g/mol. The van der Waals surface area contributed by atoms with Crippen LogP contribution in [0.5, 0.6) is 0 Å². The molecule has 2 N–H and O–H groups in total. The van der Waals surface area contributed by atoms with Gasteiger partial charge < -0.3 is 9.88 Å². The Kier molecular flexibility index (Phi) is 1.98. The number of rotatable bonds is 2. The minimum absolute atomic E-state index is 0.0599. The van der Waals surface area contributed by atoms with Crippen molar-refractivity contribution in [2.24, 2.45) is 0 Å². The summed E-state index contributed by atoms with van der Waals surface area (Å²) in [4.78, 5) is 16.1. The van der Waals surface area contributed by atoms with Gasteiger partial charge in [0.05, 0.1) is 0 Å². The first-order chi connectivity index (χ1) is 7.34. The minimum atomic E-state index is -0.269. The van der Waals surface area contributed by atoms with E-state index in [1.165, 1.54) is 0 Å². The van der Waals surface area contributed by atoms with Crippen LogP contribution >= 0.6 is 0 Å². The van der Waals surface area contributed by atoms with Crippen molar-refractivity contribution in [3.63, 3.8) is 0 Å². The Morgan fingerprint density at radius 3 is 3.27 bits per heavy atom. The third-order valence-electron chi connectivity index (χ3n) is 2.89. The molecule has 0 saturated heterocycles. The standard InChI is InChI=1S/C10H14N4O/c15-10(13-7-1-2-7)8-9-12-4-6-14(9)5-3-11-8/h4,6-8,11H,1-3,5H2,(H,13,15)/t8-/m0/s1. The first-order valence-electron chi connectivity index (χ1n) is 5.39. The van der Waals surface area contributed by atoms with E-state index >= 15 is 0 Å². The van der Waals surface area contributed by atoms with Gasteiger partial charge >= 0.3 is 0 Å². The maximum atomic E-state index is 11.9. The van der Waals surface area contributed by atoms with Crippen LogP contribution in [-0.4, -0.2) is 28.0 Å². The number of carbonyl (C=O) groups is 1. The van der Waals surface area contributed by atoms with Crippen molar-refractivity contribution < 1.29 is 4.79 Å². The quantitative estimate of drug-likeness (QED) is 0.705. The molecule has 0 spiro atoms. The molecule has 1 aliphatic carbocycles. The molecule has 5 heteroatoms. The second-order valence-corrected chi connectivity index (χ2v) is 4.15. The number of hydrogen-bond acceptors (Lipinski definition) is 3. The number of aromatic nitrogens is 2. The zero-order valence-corrected chi connectivity index (χ0v) is 8.44. The molecule has 5 nitrogen and oxygen atoms in total. The molecule has 1 amide bonds. The SMILES string of the molecule is O=C(NC1CC1)[C@H]1NCCn2ccnc21. The van der Waals surface area contributed by atoms with E-state index in [1.807, 2.05) is 10.8 Å². The lowest BCUT2D eigenvalue weighted by Crippen LogP contribution is -2.44. The van der Waals surface area contributed by atoms with Crippen LogP contribution in [0.25, 0.3) is 0 Å². The molecule has 1 fully saturated rings.